The number of amides is 1. The number of carbonyl (C=O) groups is 1. The molecule has 2 aliphatic heterocycles. The van der Waals surface area contributed by atoms with E-state index in [1.807, 2.05) is 36.4 Å². The van der Waals surface area contributed by atoms with Gasteiger partial charge in [0.05, 0.1) is 16.1 Å². The number of hydrogen-bond donors (Lipinski definition) is 1. The number of nitrogens with one attached hydrogen (secondary N) is 1. The summed E-state index contributed by atoms with van der Waals surface area (Å²) >= 11 is 1.70. The number of nitrogens with zero attached hydrogens (tertiary/aromatic N) is 2. The first-order valence-corrected chi connectivity index (χ1v) is 10.3. The van der Waals surface area contributed by atoms with Gasteiger partial charge in [-0.2, -0.15) is 0 Å². The van der Waals surface area contributed by atoms with Crippen LogP contribution < -0.4 is 19.7 Å². The third-order valence-electron chi connectivity index (χ3n) is 5.25. The molecule has 2 aromatic carbocycles. The molecule has 0 aliphatic carbocycles. The van der Waals surface area contributed by atoms with E-state index in [1.54, 1.807) is 11.3 Å². The van der Waals surface area contributed by atoms with Crippen molar-refractivity contribution in [3.63, 3.8) is 0 Å². The highest BCUT2D eigenvalue weighted by molar-refractivity contribution is 7.22. The Morgan fingerprint density at radius 1 is 1.21 bits per heavy atom. The largest absolute Gasteiger partial charge is 0.454 e. The predicted octanol–water partition coefficient (Wildman–Crippen LogP) is 3.56. The Morgan fingerprint density at radius 2 is 2.11 bits per heavy atom. The molecule has 1 amide bonds. The number of aromatic nitrogens is 1. The maximum Gasteiger partial charge on any atom is 0.231 e. The van der Waals surface area contributed by atoms with Gasteiger partial charge in [0.1, 0.15) is 0 Å². The number of anilines is 1. The van der Waals surface area contributed by atoms with Crippen LogP contribution in [0.1, 0.15) is 18.4 Å². The van der Waals surface area contributed by atoms with Crippen LogP contribution in [0.25, 0.3) is 10.2 Å². The zero-order chi connectivity index (χ0) is 18.9. The number of fused-ring (bicyclic) bond motifs is 2. The molecule has 0 bridgehead atoms. The van der Waals surface area contributed by atoms with Gasteiger partial charge in [-0.15, -0.1) is 0 Å². The van der Waals surface area contributed by atoms with E-state index >= 15 is 0 Å². The third-order valence-corrected chi connectivity index (χ3v) is 6.35. The summed E-state index contributed by atoms with van der Waals surface area (Å²) in [6.45, 7) is 2.42. The fraction of sp³-hybridized carbons (Fsp3) is 0.333. The predicted molar refractivity (Wildman–Crippen MR) is 109 cm³/mol. The average molecular weight is 395 g/mol. The third kappa shape index (κ3) is 3.38. The van der Waals surface area contributed by atoms with Crippen LogP contribution in [0.2, 0.25) is 0 Å². The fourth-order valence-electron chi connectivity index (χ4n) is 3.74. The number of hydrogen-bond acceptors (Lipinski definition) is 6. The minimum Gasteiger partial charge on any atom is -0.454 e. The van der Waals surface area contributed by atoms with E-state index in [9.17, 15) is 4.79 Å². The van der Waals surface area contributed by atoms with E-state index in [2.05, 4.69) is 16.3 Å². The normalized spacial score (nSPS) is 18.4. The molecular formula is C21H21N3O3S. The van der Waals surface area contributed by atoms with E-state index in [4.69, 9.17) is 14.5 Å². The minimum absolute atomic E-state index is 0.0187. The van der Waals surface area contributed by atoms with Gasteiger partial charge >= 0.3 is 0 Å². The monoisotopic (exact) mass is 395 g/mol. The van der Waals surface area contributed by atoms with Gasteiger partial charge in [0.25, 0.3) is 0 Å². The smallest absolute Gasteiger partial charge is 0.231 e. The lowest BCUT2D eigenvalue weighted by Crippen LogP contribution is -2.42. The van der Waals surface area contributed by atoms with Gasteiger partial charge in [-0.05, 0) is 42.7 Å². The molecule has 3 aromatic rings. The first-order chi connectivity index (χ1) is 13.8. The Kier molecular flexibility index (Phi) is 4.52. The molecule has 1 aromatic heterocycles. The van der Waals surface area contributed by atoms with Crippen LogP contribution in [-0.4, -0.2) is 30.8 Å². The number of carbonyl (C=O) groups excluding carboxylic acids is 1. The second-order valence-corrected chi connectivity index (χ2v) is 8.16. The van der Waals surface area contributed by atoms with Crippen LogP contribution in [0.15, 0.2) is 42.5 Å². The molecule has 0 unspecified atom stereocenters. The lowest BCUT2D eigenvalue weighted by Gasteiger charge is -2.31. The van der Waals surface area contributed by atoms with Crippen LogP contribution in [0.3, 0.4) is 0 Å². The molecule has 0 spiro atoms. The summed E-state index contributed by atoms with van der Waals surface area (Å²) in [7, 11) is 0. The molecule has 1 saturated heterocycles. The van der Waals surface area contributed by atoms with Gasteiger partial charge in [-0.3, -0.25) is 4.79 Å². The zero-order valence-corrected chi connectivity index (χ0v) is 16.2. The molecule has 0 saturated carbocycles. The lowest BCUT2D eigenvalue weighted by molar-refractivity contribution is -0.125. The van der Waals surface area contributed by atoms with Gasteiger partial charge < -0.3 is 19.7 Å². The van der Waals surface area contributed by atoms with E-state index in [0.717, 1.165) is 47.1 Å². The van der Waals surface area contributed by atoms with Gasteiger partial charge in [0, 0.05) is 19.6 Å². The van der Waals surface area contributed by atoms with Gasteiger partial charge in [-0.1, -0.05) is 29.5 Å². The molecule has 1 fully saturated rings. The van der Waals surface area contributed by atoms with E-state index in [1.165, 1.54) is 4.70 Å². The molecule has 3 heterocycles. The van der Waals surface area contributed by atoms with Crippen molar-refractivity contribution < 1.29 is 14.3 Å². The topological polar surface area (TPSA) is 63.7 Å². The average Bonchev–Trinajstić information content (AvgIpc) is 3.38. The highest BCUT2D eigenvalue weighted by atomic mass is 32.1. The fourth-order valence-corrected chi connectivity index (χ4v) is 4.75. The molecule has 7 heteroatoms. The van der Waals surface area contributed by atoms with Crippen LogP contribution in [0.4, 0.5) is 5.13 Å². The van der Waals surface area contributed by atoms with Crippen molar-refractivity contribution in [2.24, 2.45) is 5.92 Å². The van der Waals surface area contributed by atoms with Gasteiger partial charge in [-0.25, -0.2) is 4.98 Å². The Hall–Kier alpha value is -2.80. The van der Waals surface area contributed by atoms with Crippen molar-refractivity contribution >= 4 is 32.6 Å². The first-order valence-electron chi connectivity index (χ1n) is 9.53. The number of para-hydroxylation sites is 1. The molecular weight excluding hydrogens is 374 g/mol. The van der Waals surface area contributed by atoms with E-state index < -0.39 is 0 Å². The van der Waals surface area contributed by atoms with Crippen LogP contribution in [0, 0.1) is 5.92 Å². The molecule has 5 rings (SSSR count). The second kappa shape index (κ2) is 7.31. The maximum atomic E-state index is 12.7. The van der Waals surface area contributed by atoms with Crippen molar-refractivity contribution in [1.29, 1.82) is 0 Å². The SMILES string of the molecule is O=C(NCc1ccc2c(c1)OCO2)[C@@H]1CCCN(c2nc3ccccc3s2)C1. The second-order valence-electron chi connectivity index (χ2n) is 7.15. The van der Waals surface area contributed by atoms with Gasteiger partial charge in [0.15, 0.2) is 16.6 Å². The van der Waals surface area contributed by atoms with Crippen LogP contribution >= 0.6 is 11.3 Å². The minimum atomic E-state index is -0.0187. The molecule has 1 N–H and O–H groups in total. The lowest BCUT2D eigenvalue weighted by atomic mass is 9.97. The van der Waals surface area contributed by atoms with Crippen LogP contribution in [-0.2, 0) is 11.3 Å². The molecule has 28 heavy (non-hydrogen) atoms. The van der Waals surface area contributed by atoms with Crippen LogP contribution in [0.5, 0.6) is 11.5 Å². The summed E-state index contributed by atoms with van der Waals surface area (Å²) < 4.78 is 11.9. The maximum absolute atomic E-state index is 12.7. The quantitative estimate of drug-likeness (QED) is 0.732. The van der Waals surface area contributed by atoms with Crippen molar-refractivity contribution in [3.8, 4) is 11.5 Å². The first kappa shape index (κ1) is 17.3. The molecule has 6 nitrogen and oxygen atoms in total. The number of benzene rings is 2. The summed E-state index contributed by atoms with van der Waals surface area (Å²) in [6, 6.07) is 13.9. The van der Waals surface area contributed by atoms with Crippen molar-refractivity contribution in [3.05, 3.63) is 48.0 Å². The summed E-state index contributed by atoms with van der Waals surface area (Å²) in [5.74, 6) is 1.58. The number of ether oxygens (including phenoxy) is 2. The molecule has 0 radical (unpaired) electrons. The highest BCUT2D eigenvalue weighted by Gasteiger charge is 2.27. The molecule has 1 atom stereocenters. The van der Waals surface area contributed by atoms with E-state index in [-0.39, 0.29) is 18.6 Å². The van der Waals surface area contributed by atoms with Gasteiger partial charge in [0.2, 0.25) is 12.7 Å². The number of thiazole rings is 1. The highest BCUT2D eigenvalue weighted by Crippen LogP contribution is 2.33. The van der Waals surface area contributed by atoms with Crippen molar-refractivity contribution in [1.82, 2.24) is 10.3 Å². The Morgan fingerprint density at radius 3 is 3.04 bits per heavy atom. The molecule has 144 valence electrons. The number of rotatable bonds is 4. The van der Waals surface area contributed by atoms with Crippen molar-refractivity contribution in [2.45, 2.75) is 19.4 Å². The number of piperidine rings is 1. The summed E-state index contributed by atoms with van der Waals surface area (Å²) in [5, 5.41) is 4.09. The van der Waals surface area contributed by atoms with Crippen molar-refractivity contribution in [2.75, 3.05) is 24.8 Å². The summed E-state index contributed by atoms with van der Waals surface area (Å²) in [5.41, 5.74) is 2.04. The summed E-state index contributed by atoms with van der Waals surface area (Å²) in [4.78, 5) is 19.7. The van der Waals surface area contributed by atoms with E-state index in [0.29, 0.717) is 13.1 Å². The Balaban J connectivity index is 1.22. The Bertz CT molecular complexity index is 986. The Labute approximate surface area is 167 Å². The summed E-state index contributed by atoms with van der Waals surface area (Å²) in [6.07, 6.45) is 1.91. The molecule has 2 aliphatic rings. The standard InChI is InChI=1S/C21H21N3O3S/c25-20(22-11-14-7-8-17-18(10-14)27-13-26-17)15-4-3-9-24(12-15)21-23-16-5-1-2-6-19(16)28-21/h1-2,5-8,10,15H,3-4,9,11-13H2,(H,22,25)/t15-/m1/s1. The zero-order valence-electron chi connectivity index (χ0n) is 15.4.